The molecule has 0 amide bonds. The highest BCUT2D eigenvalue weighted by Gasteiger charge is 2.29. The maximum atomic E-state index is 13.3. The van der Waals surface area contributed by atoms with Crippen LogP contribution >= 0.6 is 27.5 Å². The molecule has 0 fully saturated rings. The van der Waals surface area contributed by atoms with E-state index in [1.54, 1.807) is 0 Å². The second kappa shape index (κ2) is 7.10. The van der Waals surface area contributed by atoms with Gasteiger partial charge in [-0.25, -0.2) is 14.2 Å². The van der Waals surface area contributed by atoms with Gasteiger partial charge in [0.2, 0.25) is 5.96 Å². The van der Waals surface area contributed by atoms with Gasteiger partial charge in [-0.3, -0.25) is 0 Å². The first kappa shape index (κ1) is 16.6. The molecule has 10 heteroatoms. The molecule has 3 rings (SSSR count). The number of halogens is 3. The molecular weight excluding hydrogens is 405 g/mol. The Bertz CT molecular complexity index is 825. The number of alkyl halides is 1. The average Bonchev–Trinajstić information content (AvgIpc) is 3.09. The number of ether oxygens (including phenoxy) is 1. The first-order chi connectivity index (χ1) is 11.6. The largest absolute Gasteiger partial charge is 0.451 e. The molecule has 124 valence electrons. The Morgan fingerprint density at radius 2 is 2.17 bits per heavy atom. The number of nitrogens with zero attached hydrogens (tertiary/aromatic N) is 4. The maximum absolute atomic E-state index is 13.3. The molecule has 1 aromatic heterocycles. The van der Waals surface area contributed by atoms with E-state index in [0.29, 0.717) is 11.5 Å². The number of benzene rings is 1. The highest BCUT2D eigenvalue weighted by Crippen LogP contribution is 2.34. The molecule has 1 aromatic carbocycles. The first-order valence-electron chi connectivity index (χ1n) is 6.69. The van der Waals surface area contributed by atoms with E-state index in [9.17, 15) is 9.18 Å². The van der Waals surface area contributed by atoms with Gasteiger partial charge >= 0.3 is 5.97 Å². The zero-order chi connectivity index (χ0) is 17.1. The lowest BCUT2D eigenvalue weighted by atomic mass is 9.99. The number of carbonyl (C=O) groups excluding carboxylic acids is 1. The van der Waals surface area contributed by atoms with Crippen molar-refractivity contribution in [2.75, 3.05) is 5.52 Å². The van der Waals surface area contributed by atoms with Crippen molar-refractivity contribution >= 4 is 39.5 Å². The van der Waals surface area contributed by atoms with Crippen molar-refractivity contribution in [2.24, 2.45) is 4.99 Å². The molecule has 1 unspecified atom stereocenters. The first-order valence-corrected chi connectivity index (χ1v) is 8.19. The van der Waals surface area contributed by atoms with Crippen LogP contribution in [-0.4, -0.2) is 32.4 Å². The van der Waals surface area contributed by atoms with E-state index in [1.165, 1.54) is 35.5 Å². The lowest BCUT2D eigenvalue weighted by Crippen LogP contribution is -2.34. The Balaban J connectivity index is 2.04. The summed E-state index contributed by atoms with van der Waals surface area (Å²) in [5, 5.41) is 10.9. The van der Waals surface area contributed by atoms with Gasteiger partial charge in [0.05, 0.1) is 18.0 Å². The molecule has 1 aliphatic rings. The van der Waals surface area contributed by atoms with Crippen LogP contribution in [0.3, 0.4) is 0 Å². The number of aliphatic imine (C=N–C) groups is 1. The van der Waals surface area contributed by atoms with Gasteiger partial charge in [-0.15, -0.1) is 4.80 Å². The van der Waals surface area contributed by atoms with E-state index in [4.69, 9.17) is 16.3 Å². The number of nitrogens with one attached hydrogen (secondary N) is 1. The summed E-state index contributed by atoms with van der Waals surface area (Å²) < 4.78 is 18.3. The summed E-state index contributed by atoms with van der Waals surface area (Å²) in [6.45, 7) is 0. The molecule has 0 saturated carbocycles. The summed E-state index contributed by atoms with van der Waals surface area (Å²) in [6.07, 6.45) is 4.42. The molecule has 0 radical (unpaired) electrons. The van der Waals surface area contributed by atoms with Gasteiger partial charge in [-0.1, -0.05) is 17.7 Å². The number of rotatable bonds is 3. The number of aromatic nitrogens is 3. The Hall–Kier alpha value is -2.26. The summed E-state index contributed by atoms with van der Waals surface area (Å²) >= 11 is 9.16. The van der Waals surface area contributed by atoms with Gasteiger partial charge in [-0.05, 0) is 28.1 Å². The van der Waals surface area contributed by atoms with Crippen molar-refractivity contribution in [1.29, 1.82) is 0 Å². The third-order valence-corrected chi connectivity index (χ3v) is 3.75. The van der Waals surface area contributed by atoms with E-state index in [-0.39, 0.29) is 16.1 Å². The Labute approximate surface area is 149 Å². The molecule has 1 N–H and O–H groups in total. The fourth-order valence-corrected chi connectivity index (χ4v) is 2.63. The summed E-state index contributed by atoms with van der Waals surface area (Å²) in [7, 11) is 0. The van der Waals surface area contributed by atoms with E-state index in [2.05, 4.69) is 36.4 Å². The van der Waals surface area contributed by atoms with Crippen molar-refractivity contribution in [3.05, 3.63) is 58.8 Å². The highest BCUT2D eigenvalue weighted by atomic mass is 79.9. The SMILES string of the molecule is O=C(OCBr)C1=CNC(n2nccn2)=NC1c1ccc(F)cc1Cl. The third kappa shape index (κ3) is 3.31. The third-order valence-electron chi connectivity index (χ3n) is 3.19. The smallest absolute Gasteiger partial charge is 0.338 e. The van der Waals surface area contributed by atoms with Gasteiger partial charge in [0.1, 0.15) is 17.4 Å². The number of hydrogen-bond donors (Lipinski definition) is 1. The Kier molecular flexibility index (Phi) is 4.91. The van der Waals surface area contributed by atoms with Gasteiger partial charge in [0.25, 0.3) is 0 Å². The van der Waals surface area contributed by atoms with Crippen molar-refractivity contribution in [3.63, 3.8) is 0 Å². The van der Waals surface area contributed by atoms with Crippen molar-refractivity contribution < 1.29 is 13.9 Å². The van der Waals surface area contributed by atoms with E-state index in [1.807, 2.05) is 0 Å². The van der Waals surface area contributed by atoms with Gasteiger partial charge in [-0.2, -0.15) is 10.2 Å². The fourth-order valence-electron chi connectivity index (χ4n) is 2.15. The molecule has 0 bridgehead atoms. The van der Waals surface area contributed by atoms with Gasteiger partial charge in [0, 0.05) is 16.8 Å². The zero-order valence-electron chi connectivity index (χ0n) is 12.0. The summed E-state index contributed by atoms with van der Waals surface area (Å²) in [4.78, 5) is 17.8. The van der Waals surface area contributed by atoms with Crippen LogP contribution in [-0.2, 0) is 9.53 Å². The van der Waals surface area contributed by atoms with E-state index in [0.717, 1.165) is 6.07 Å². The van der Waals surface area contributed by atoms with Crippen LogP contribution in [0.2, 0.25) is 5.02 Å². The average molecular weight is 415 g/mol. The standard InChI is InChI=1S/C14H10BrClFN5O2/c15-7-24-13(23)10-6-18-14(22-19-3-4-20-22)21-12(10)9-2-1-8(17)5-11(9)16/h1-6,12H,7H2,(H,18,21). The lowest BCUT2D eigenvalue weighted by molar-refractivity contribution is -0.137. The van der Waals surface area contributed by atoms with Gasteiger partial charge < -0.3 is 10.1 Å². The van der Waals surface area contributed by atoms with Crippen LogP contribution < -0.4 is 5.32 Å². The molecule has 24 heavy (non-hydrogen) atoms. The molecule has 0 spiro atoms. The van der Waals surface area contributed by atoms with Crippen molar-refractivity contribution in [1.82, 2.24) is 20.3 Å². The second-order valence-electron chi connectivity index (χ2n) is 4.62. The number of esters is 1. The minimum absolute atomic E-state index is 0.0321. The van der Waals surface area contributed by atoms with Crippen LogP contribution in [0, 0.1) is 5.82 Å². The number of carbonyl (C=O) groups is 1. The minimum Gasteiger partial charge on any atom is -0.451 e. The van der Waals surface area contributed by atoms with Gasteiger partial charge in [0.15, 0.2) is 0 Å². The summed E-state index contributed by atoms with van der Waals surface area (Å²) in [6, 6.07) is 3.10. The van der Waals surface area contributed by atoms with Crippen LogP contribution in [0.5, 0.6) is 0 Å². The lowest BCUT2D eigenvalue weighted by Gasteiger charge is -2.22. The molecule has 2 aromatic rings. The summed E-state index contributed by atoms with van der Waals surface area (Å²) in [5.41, 5.74) is 0.713. The van der Waals surface area contributed by atoms with E-state index < -0.39 is 17.8 Å². The van der Waals surface area contributed by atoms with Crippen LogP contribution in [0.1, 0.15) is 11.6 Å². The zero-order valence-corrected chi connectivity index (χ0v) is 14.3. The Morgan fingerprint density at radius 1 is 1.42 bits per heavy atom. The molecule has 7 nitrogen and oxygen atoms in total. The highest BCUT2D eigenvalue weighted by molar-refractivity contribution is 9.09. The quantitative estimate of drug-likeness (QED) is 0.616. The fraction of sp³-hybridized carbons (Fsp3) is 0.143. The minimum atomic E-state index is -0.785. The Morgan fingerprint density at radius 3 is 2.83 bits per heavy atom. The monoisotopic (exact) mass is 413 g/mol. The molecule has 0 aliphatic carbocycles. The predicted octanol–water partition coefficient (Wildman–Crippen LogP) is 2.40. The van der Waals surface area contributed by atoms with Crippen LogP contribution in [0.15, 0.2) is 47.4 Å². The van der Waals surface area contributed by atoms with Crippen molar-refractivity contribution in [2.45, 2.75) is 6.04 Å². The molecule has 1 aliphatic heterocycles. The summed E-state index contributed by atoms with van der Waals surface area (Å²) in [5.74, 6) is -0.772. The maximum Gasteiger partial charge on any atom is 0.338 e. The predicted molar refractivity (Wildman–Crippen MR) is 88.1 cm³/mol. The molecule has 2 heterocycles. The van der Waals surface area contributed by atoms with Crippen molar-refractivity contribution in [3.8, 4) is 0 Å². The second-order valence-corrected chi connectivity index (χ2v) is 5.49. The van der Waals surface area contributed by atoms with Crippen LogP contribution in [0.25, 0.3) is 0 Å². The number of hydrogen-bond acceptors (Lipinski definition) is 6. The topological polar surface area (TPSA) is 81.4 Å². The molecule has 1 atom stereocenters. The van der Waals surface area contributed by atoms with Crippen LogP contribution in [0.4, 0.5) is 4.39 Å². The molecule has 0 saturated heterocycles. The molecular formula is C14H10BrClFN5O2. The van der Waals surface area contributed by atoms with E-state index >= 15 is 0 Å². The normalized spacial score (nSPS) is 16.9.